The normalized spacial score (nSPS) is 11.0. The molecule has 0 aromatic carbocycles. The van der Waals surface area contributed by atoms with Gasteiger partial charge in [0.25, 0.3) is 5.56 Å². The van der Waals surface area contributed by atoms with E-state index in [0.29, 0.717) is 11.4 Å². The maximum atomic E-state index is 12.2. The summed E-state index contributed by atoms with van der Waals surface area (Å²) in [6.07, 6.45) is 1.59. The summed E-state index contributed by atoms with van der Waals surface area (Å²) in [6, 6.07) is 5.42. The van der Waals surface area contributed by atoms with Crippen LogP contribution < -0.4 is 16.0 Å². The highest BCUT2D eigenvalue weighted by atomic mass is 16.5. The summed E-state index contributed by atoms with van der Waals surface area (Å²) in [6.45, 7) is 0. The van der Waals surface area contributed by atoms with Crippen molar-refractivity contribution in [1.82, 2.24) is 23.7 Å². The zero-order chi connectivity index (χ0) is 15.1. The molecule has 3 aromatic heterocycles. The Morgan fingerprint density at radius 3 is 2.48 bits per heavy atom. The summed E-state index contributed by atoms with van der Waals surface area (Å²) < 4.78 is 9.41. The second kappa shape index (κ2) is 4.58. The lowest BCUT2D eigenvalue weighted by molar-refractivity contribution is 0.412. The topological polar surface area (TPSA) is 83.9 Å². The number of hydrogen-bond donors (Lipinski definition) is 0. The molecule has 0 amide bonds. The van der Waals surface area contributed by atoms with Crippen molar-refractivity contribution >= 4 is 11.2 Å². The van der Waals surface area contributed by atoms with Crippen molar-refractivity contribution in [3.63, 3.8) is 0 Å². The van der Waals surface area contributed by atoms with Crippen LogP contribution in [0.15, 0.2) is 34.0 Å². The van der Waals surface area contributed by atoms with Gasteiger partial charge in [-0.3, -0.25) is 18.5 Å². The van der Waals surface area contributed by atoms with Crippen molar-refractivity contribution in [3.8, 4) is 11.9 Å². The lowest BCUT2D eigenvalue weighted by atomic mass is 10.5. The summed E-state index contributed by atoms with van der Waals surface area (Å²) >= 11 is 0. The van der Waals surface area contributed by atoms with E-state index in [2.05, 4.69) is 9.97 Å². The second-order valence-corrected chi connectivity index (χ2v) is 4.60. The summed E-state index contributed by atoms with van der Waals surface area (Å²) in [4.78, 5) is 32.4. The van der Waals surface area contributed by atoms with Crippen molar-refractivity contribution < 1.29 is 4.74 Å². The van der Waals surface area contributed by atoms with Gasteiger partial charge in [0.15, 0.2) is 11.2 Å². The number of rotatable bonds is 2. The van der Waals surface area contributed by atoms with Gasteiger partial charge in [0.1, 0.15) is 0 Å². The second-order valence-electron chi connectivity index (χ2n) is 4.60. The van der Waals surface area contributed by atoms with Crippen LogP contribution in [-0.4, -0.2) is 23.7 Å². The molecule has 0 aliphatic heterocycles. The van der Waals surface area contributed by atoms with E-state index < -0.39 is 11.2 Å². The van der Waals surface area contributed by atoms with E-state index in [1.54, 1.807) is 38.5 Å². The fourth-order valence-corrected chi connectivity index (χ4v) is 2.09. The van der Waals surface area contributed by atoms with Crippen LogP contribution >= 0.6 is 0 Å². The molecule has 0 aliphatic carbocycles. The van der Waals surface area contributed by atoms with E-state index in [1.165, 1.54) is 16.2 Å². The van der Waals surface area contributed by atoms with Crippen LogP contribution in [0.5, 0.6) is 11.9 Å². The third kappa shape index (κ3) is 1.92. The molecule has 3 heterocycles. The average molecular weight is 287 g/mol. The summed E-state index contributed by atoms with van der Waals surface area (Å²) in [5.74, 6) is 0.359. The van der Waals surface area contributed by atoms with Crippen molar-refractivity contribution in [2.24, 2.45) is 21.1 Å². The number of aromatic nitrogens is 5. The number of pyridine rings is 1. The highest BCUT2D eigenvalue weighted by Crippen LogP contribution is 2.20. The van der Waals surface area contributed by atoms with Gasteiger partial charge in [0, 0.05) is 33.4 Å². The SMILES string of the molecule is Cn1c(=O)c2c(nc(Oc3ccccn3)n2C)n(C)c1=O. The molecule has 0 saturated heterocycles. The van der Waals surface area contributed by atoms with Crippen LogP contribution in [0, 0.1) is 0 Å². The van der Waals surface area contributed by atoms with Crippen LogP contribution in [-0.2, 0) is 21.1 Å². The Balaban J connectivity index is 2.26. The first-order valence-corrected chi connectivity index (χ1v) is 6.22. The monoisotopic (exact) mass is 287 g/mol. The fraction of sp³-hybridized carbons (Fsp3) is 0.231. The number of nitrogens with zero attached hydrogens (tertiary/aromatic N) is 5. The number of ether oxygens (including phenoxy) is 1. The molecule has 8 nitrogen and oxygen atoms in total. The van der Waals surface area contributed by atoms with E-state index in [9.17, 15) is 9.59 Å². The average Bonchev–Trinajstić information content (AvgIpc) is 2.81. The van der Waals surface area contributed by atoms with Crippen molar-refractivity contribution in [2.75, 3.05) is 0 Å². The predicted octanol–water partition coefficient (Wildman–Crippen LogP) is 0.158. The van der Waals surface area contributed by atoms with Gasteiger partial charge in [-0.05, 0) is 6.07 Å². The Bertz CT molecular complexity index is 936. The summed E-state index contributed by atoms with van der Waals surface area (Å²) in [5, 5.41) is 0. The zero-order valence-electron chi connectivity index (χ0n) is 11.8. The van der Waals surface area contributed by atoms with Crippen LogP contribution in [0.25, 0.3) is 11.2 Å². The molecule has 0 atom stereocenters. The van der Waals surface area contributed by atoms with Gasteiger partial charge in [0.05, 0.1) is 0 Å². The minimum Gasteiger partial charge on any atom is -0.406 e. The first-order valence-electron chi connectivity index (χ1n) is 6.22. The predicted molar refractivity (Wildman–Crippen MR) is 75.5 cm³/mol. The molecular weight excluding hydrogens is 274 g/mol. The zero-order valence-corrected chi connectivity index (χ0v) is 11.8. The molecule has 0 spiro atoms. The van der Waals surface area contributed by atoms with E-state index in [1.807, 2.05) is 0 Å². The molecule has 0 unspecified atom stereocenters. The minimum atomic E-state index is -0.435. The van der Waals surface area contributed by atoms with Crippen LogP contribution in [0.3, 0.4) is 0 Å². The van der Waals surface area contributed by atoms with E-state index in [0.717, 1.165) is 4.57 Å². The van der Waals surface area contributed by atoms with Gasteiger partial charge in [0.2, 0.25) is 5.88 Å². The molecule has 0 fully saturated rings. The summed E-state index contributed by atoms with van der Waals surface area (Å²) in [5.41, 5.74) is -0.281. The minimum absolute atomic E-state index is 0.196. The van der Waals surface area contributed by atoms with Crippen LogP contribution in [0.2, 0.25) is 0 Å². The van der Waals surface area contributed by atoms with Gasteiger partial charge in [-0.15, -0.1) is 0 Å². The quantitative estimate of drug-likeness (QED) is 0.670. The Kier molecular flexibility index (Phi) is 2.86. The van der Waals surface area contributed by atoms with E-state index in [4.69, 9.17) is 4.74 Å². The molecule has 0 bridgehead atoms. The Morgan fingerprint density at radius 2 is 1.81 bits per heavy atom. The van der Waals surface area contributed by atoms with Gasteiger partial charge in [-0.25, -0.2) is 9.78 Å². The summed E-state index contributed by atoms with van der Waals surface area (Å²) in [7, 11) is 4.64. The fourth-order valence-electron chi connectivity index (χ4n) is 2.09. The van der Waals surface area contributed by atoms with Crippen molar-refractivity contribution in [2.45, 2.75) is 0 Å². The Morgan fingerprint density at radius 1 is 1.05 bits per heavy atom. The Hall–Kier alpha value is -2.90. The first-order chi connectivity index (χ1) is 10.0. The molecule has 8 heteroatoms. The van der Waals surface area contributed by atoms with Gasteiger partial charge < -0.3 is 4.74 Å². The van der Waals surface area contributed by atoms with Crippen LogP contribution in [0.1, 0.15) is 0 Å². The van der Waals surface area contributed by atoms with E-state index >= 15 is 0 Å². The number of hydrogen-bond acceptors (Lipinski definition) is 5. The van der Waals surface area contributed by atoms with Crippen molar-refractivity contribution in [3.05, 3.63) is 45.2 Å². The maximum Gasteiger partial charge on any atom is 0.332 e. The lowest BCUT2D eigenvalue weighted by Gasteiger charge is -2.04. The molecule has 3 aromatic rings. The van der Waals surface area contributed by atoms with Gasteiger partial charge in [-0.1, -0.05) is 6.07 Å². The lowest BCUT2D eigenvalue weighted by Crippen LogP contribution is -2.37. The number of imidazole rings is 1. The van der Waals surface area contributed by atoms with Gasteiger partial charge in [-0.2, -0.15) is 4.98 Å². The Labute approximate surface area is 118 Å². The molecular formula is C13H13N5O3. The third-order valence-corrected chi connectivity index (χ3v) is 3.27. The molecule has 0 radical (unpaired) electrons. The highest BCUT2D eigenvalue weighted by Gasteiger charge is 2.18. The van der Waals surface area contributed by atoms with Crippen LogP contribution in [0.4, 0.5) is 0 Å². The molecule has 3 rings (SSSR count). The number of aryl methyl sites for hydroxylation is 2. The third-order valence-electron chi connectivity index (χ3n) is 3.27. The molecule has 108 valence electrons. The standard InChI is InChI=1S/C13H13N5O3/c1-16-9-10(17(2)13(20)18(3)11(9)19)15-12(16)21-8-6-4-5-7-14-8/h4-7H,1-3H3. The highest BCUT2D eigenvalue weighted by molar-refractivity contribution is 5.71. The molecule has 21 heavy (non-hydrogen) atoms. The molecule has 0 aliphatic rings. The number of fused-ring (bicyclic) bond motifs is 1. The molecule has 0 saturated carbocycles. The van der Waals surface area contributed by atoms with Crippen molar-refractivity contribution in [1.29, 1.82) is 0 Å². The largest absolute Gasteiger partial charge is 0.406 e. The smallest absolute Gasteiger partial charge is 0.332 e. The maximum absolute atomic E-state index is 12.2. The first kappa shape index (κ1) is 13.1. The van der Waals surface area contributed by atoms with E-state index in [-0.39, 0.29) is 11.7 Å². The molecule has 0 N–H and O–H groups in total. The van der Waals surface area contributed by atoms with Gasteiger partial charge >= 0.3 is 11.7 Å².